The highest BCUT2D eigenvalue weighted by Gasteiger charge is 2.60. The fourth-order valence-electron chi connectivity index (χ4n) is 7.41. The smallest absolute Gasteiger partial charge is 0.364 e. The SMILES string of the molecule is CC(=O)N[C@H]1[C@H](OCC[Si](C)(C)C)O[C@H](CO[C@@H](Cc2ccccc2)C(=O)O)[C@H](O)[C@@H]1O[C@@H]1O[C@H](CO)[C@H](O)[C@H](O[C@]2(C(=O)O)C[C@H](O)[C@@H](NC(C)=O)[C@H]([C@@H](O)[C@H](O)CO)O2)[C@H]1O. The number of amides is 2. The molecule has 1 aromatic carbocycles. The molecule has 3 aliphatic rings. The molecule has 4 rings (SSSR count). The van der Waals surface area contributed by atoms with Crippen molar-refractivity contribution in [1.82, 2.24) is 10.6 Å². The van der Waals surface area contributed by atoms with E-state index in [0.29, 0.717) is 11.6 Å². The van der Waals surface area contributed by atoms with Crippen LogP contribution in [-0.4, -0.2) is 213 Å². The van der Waals surface area contributed by atoms with E-state index >= 15 is 0 Å². The van der Waals surface area contributed by atoms with Gasteiger partial charge >= 0.3 is 11.9 Å². The van der Waals surface area contributed by atoms with Gasteiger partial charge in [0.05, 0.1) is 32.0 Å². The summed E-state index contributed by atoms with van der Waals surface area (Å²) < 4.78 is 41.3. The molecule has 3 fully saturated rings. The third-order valence-corrected chi connectivity index (χ3v) is 12.5. The van der Waals surface area contributed by atoms with Crippen LogP contribution in [0.3, 0.4) is 0 Å². The highest BCUT2D eigenvalue weighted by atomic mass is 28.3. The average molecular weight is 923 g/mol. The standard InChI is InChI=1S/C39H62N2O21Si/c1-18(44)40-26-21(46)14-39(38(54)55,61-33(26)28(48)22(47)15-42)62-34-29(49)24(16-43)58-37(31(34)51)60-32-27(41-19(2)45)36(56-11-12-63(3,4)5)59-25(30(32)50)17-57-23(35(52)53)13-20-9-7-6-8-10-20/h6-10,21-34,36-37,42-43,46-51H,11-17H2,1-5H3,(H,40,44)(H,41,45)(H,52,53)(H,54,55)/t21-,22+,23-,24+,25+,26+,27+,28-,29-,30-,31+,32+,33+,34-,36+,37-,39-/m0/s1. The molecule has 3 aliphatic heterocycles. The third kappa shape index (κ3) is 13.6. The fraction of sp³-hybridized carbons (Fsp3) is 0.744. The molecule has 0 spiro atoms. The van der Waals surface area contributed by atoms with Gasteiger partial charge in [-0.05, 0) is 11.6 Å². The number of carboxylic acids is 2. The van der Waals surface area contributed by atoms with Crippen LogP contribution in [0.1, 0.15) is 25.8 Å². The number of hydrogen-bond acceptors (Lipinski definition) is 19. The maximum atomic E-state index is 13.0. The molecule has 24 heteroatoms. The minimum Gasteiger partial charge on any atom is -0.479 e. The van der Waals surface area contributed by atoms with Gasteiger partial charge in [0.25, 0.3) is 5.79 Å². The number of aliphatic carboxylic acids is 2. The van der Waals surface area contributed by atoms with Crippen LogP contribution in [0.5, 0.6) is 0 Å². The van der Waals surface area contributed by atoms with Crippen molar-refractivity contribution in [3.8, 4) is 0 Å². The molecule has 0 radical (unpaired) electrons. The van der Waals surface area contributed by atoms with Gasteiger partial charge in [0.1, 0.15) is 67.1 Å². The number of carbonyl (C=O) groups is 4. The number of benzene rings is 1. The summed E-state index contributed by atoms with van der Waals surface area (Å²) in [5, 5.41) is 112. The van der Waals surface area contributed by atoms with Crippen molar-refractivity contribution in [3.63, 3.8) is 0 Å². The number of hydrogen-bond donors (Lipinski definition) is 12. The van der Waals surface area contributed by atoms with Gasteiger partial charge in [-0.2, -0.15) is 0 Å². The van der Waals surface area contributed by atoms with Gasteiger partial charge < -0.3 is 94.9 Å². The van der Waals surface area contributed by atoms with E-state index < -0.39 is 162 Å². The maximum Gasteiger partial charge on any atom is 0.364 e. The number of ether oxygens (including phenoxy) is 7. The number of aliphatic hydroxyl groups is 8. The van der Waals surface area contributed by atoms with Crippen molar-refractivity contribution in [2.75, 3.05) is 26.4 Å². The molecule has 0 saturated carbocycles. The highest BCUT2D eigenvalue weighted by molar-refractivity contribution is 6.76. The van der Waals surface area contributed by atoms with Crippen LogP contribution in [0.4, 0.5) is 0 Å². The van der Waals surface area contributed by atoms with Crippen molar-refractivity contribution in [2.45, 2.75) is 156 Å². The predicted octanol–water partition coefficient (Wildman–Crippen LogP) is -4.00. The molecule has 3 saturated heterocycles. The molecular formula is C39H62N2O21Si. The van der Waals surface area contributed by atoms with Gasteiger partial charge in [-0.1, -0.05) is 50.0 Å². The molecular weight excluding hydrogens is 861 g/mol. The number of rotatable bonds is 21. The van der Waals surface area contributed by atoms with Gasteiger partial charge in [-0.25, -0.2) is 9.59 Å². The summed E-state index contributed by atoms with van der Waals surface area (Å²) in [4.78, 5) is 49.9. The Hall–Kier alpha value is -3.28. The molecule has 0 unspecified atom stereocenters. The van der Waals surface area contributed by atoms with Crippen LogP contribution in [0.25, 0.3) is 0 Å². The van der Waals surface area contributed by atoms with E-state index in [0.717, 1.165) is 13.8 Å². The Morgan fingerprint density at radius 3 is 2.02 bits per heavy atom. The van der Waals surface area contributed by atoms with E-state index in [2.05, 4.69) is 30.3 Å². The van der Waals surface area contributed by atoms with Crippen LogP contribution >= 0.6 is 0 Å². The van der Waals surface area contributed by atoms with Crippen LogP contribution in [0, 0.1) is 0 Å². The number of aliphatic hydroxyl groups excluding tert-OH is 8. The quantitative estimate of drug-likeness (QED) is 0.0523. The van der Waals surface area contributed by atoms with Gasteiger partial charge in [0.15, 0.2) is 18.7 Å². The Kier molecular flexibility index (Phi) is 18.9. The summed E-state index contributed by atoms with van der Waals surface area (Å²) in [6.07, 6.45) is -27.2. The van der Waals surface area contributed by atoms with E-state index in [4.69, 9.17) is 33.2 Å². The molecule has 2 amide bonds. The first-order valence-electron chi connectivity index (χ1n) is 20.4. The molecule has 0 aromatic heterocycles. The third-order valence-electron chi connectivity index (χ3n) is 10.8. The molecule has 358 valence electrons. The van der Waals surface area contributed by atoms with E-state index in [-0.39, 0.29) is 13.0 Å². The summed E-state index contributed by atoms with van der Waals surface area (Å²) in [6, 6.07) is 6.22. The number of nitrogens with one attached hydrogen (secondary N) is 2. The normalized spacial score (nSPS) is 35.2. The van der Waals surface area contributed by atoms with Crippen molar-refractivity contribution in [1.29, 1.82) is 0 Å². The summed E-state index contributed by atoms with van der Waals surface area (Å²) in [6.45, 7) is 5.89. The van der Waals surface area contributed by atoms with E-state index in [1.165, 1.54) is 0 Å². The monoisotopic (exact) mass is 922 g/mol. The van der Waals surface area contributed by atoms with Crippen LogP contribution in [-0.2, 0) is 58.8 Å². The zero-order valence-corrected chi connectivity index (χ0v) is 36.5. The zero-order valence-electron chi connectivity index (χ0n) is 35.5. The van der Waals surface area contributed by atoms with Crippen molar-refractivity contribution in [3.05, 3.63) is 35.9 Å². The molecule has 17 atom stereocenters. The zero-order chi connectivity index (χ0) is 47.0. The largest absolute Gasteiger partial charge is 0.479 e. The lowest BCUT2D eigenvalue weighted by Crippen LogP contribution is -2.71. The van der Waals surface area contributed by atoms with Gasteiger partial charge in [-0.15, -0.1) is 0 Å². The molecule has 23 nitrogen and oxygen atoms in total. The predicted molar refractivity (Wildman–Crippen MR) is 214 cm³/mol. The molecule has 0 aliphatic carbocycles. The Bertz CT molecular complexity index is 1660. The Balaban J connectivity index is 1.69. The van der Waals surface area contributed by atoms with Gasteiger partial charge in [-0.3, -0.25) is 9.59 Å². The first-order valence-corrected chi connectivity index (χ1v) is 24.1. The Morgan fingerprint density at radius 2 is 1.46 bits per heavy atom. The molecule has 63 heavy (non-hydrogen) atoms. The molecule has 0 bridgehead atoms. The average Bonchev–Trinajstić information content (AvgIpc) is 3.21. The van der Waals surface area contributed by atoms with Crippen LogP contribution < -0.4 is 10.6 Å². The fourth-order valence-corrected chi connectivity index (χ4v) is 8.14. The van der Waals surface area contributed by atoms with Crippen LogP contribution in [0.15, 0.2) is 30.3 Å². The lowest BCUT2D eigenvalue weighted by atomic mass is 9.88. The lowest BCUT2D eigenvalue weighted by Gasteiger charge is -2.51. The van der Waals surface area contributed by atoms with E-state index in [1.807, 2.05) is 0 Å². The first-order chi connectivity index (χ1) is 29.5. The Morgan fingerprint density at radius 1 is 0.857 bits per heavy atom. The summed E-state index contributed by atoms with van der Waals surface area (Å²) in [5.74, 6) is -7.81. The van der Waals surface area contributed by atoms with Gasteiger partial charge in [0.2, 0.25) is 11.8 Å². The topological polar surface area (TPSA) is 359 Å². The lowest BCUT2D eigenvalue weighted by molar-refractivity contribution is -0.381. The second kappa shape index (κ2) is 22.8. The molecule has 1 aromatic rings. The second-order valence-electron chi connectivity index (χ2n) is 17.1. The number of carbonyl (C=O) groups excluding carboxylic acids is 2. The summed E-state index contributed by atoms with van der Waals surface area (Å²) in [5.41, 5.74) is 0.634. The van der Waals surface area contributed by atoms with Crippen molar-refractivity contribution < 1.29 is 103 Å². The summed E-state index contributed by atoms with van der Waals surface area (Å²) in [7, 11) is -1.74. The Labute approximate surface area is 363 Å². The van der Waals surface area contributed by atoms with E-state index in [9.17, 15) is 70.2 Å². The van der Waals surface area contributed by atoms with Crippen molar-refractivity contribution >= 4 is 31.8 Å². The van der Waals surface area contributed by atoms with Gasteiger partial charge in [0, 0.05) is 41.4 Å². The molecule has 3 heterocycles. The summed E-state index contributed by atoms with van der Waals surface area (Å²) >= 11 is 0. The number of carboxylic acid groups (broad SMARTS) is 2. The second-order valence-corrected chi connectivity index (χ2v) is 22.7. The highest BCUT2D eigenvalue weighted by Crippen LogP contribution is 2.38. The van der Waals surface area contributed by atoms with Crippen LogP contribution in [0.2, 0.25) is 25.7 Å². The van der Waals surface area contributed by atoms with Crippen molar-refractivity contribution in [2.24, 2.45) is 0 Å². The van der Waals surface area contributed by atoms with E-state index in [1.54, 1.807) is 30.3 Å². The maximum absolute atomic E-state index is 13.0. The minimum absolute atomic E-state index is 0.0634. The molecule has 12 N–H and O–H groups in total. The minimum atomic E-state index is -3.08. The first kappa shape index (κ1) is 52.3.